The maximum absolute atomic E-state index is 13.0. The van der Waals surface area contributed by atoms with Crippen LogP contribution in [-0.4, -0.2) is 18.5 Å². The van der Waals surface area contributed by atoms with Crippen LogP contribution in [0.3, 0.4) is 0 Å². The van der Waals surface area contributed by atoms with Crippen LogP contribution in [0.25, 0.3) is 0 Å². The molecule has 23 heavy (non-hydrogen) atoms. The molecule has 0 radical (unpaired) electrons. The van der Waals surface area contributed by atoms with Crippen LogP contribution in [-0.2, 0) is 9.53 Å². The van der Waals surface area contributed by atoms with E-state index < -0.39 is 24.3 Å². The van der Waals surface area contributed by atoms with Crippen molar-refractivity contribution in [3.8, 4) is 0 Å². The van der Waals surface area contributed by atoms with Gasteiger partial charge in [-0.3, -0.25) is 4.79 Å². The molecule has 2 aromatic carbocycles. The number of halogens is 3. The van der Waals surface area contributed by atoms with Crippen LogP contribution in [0.15, 0.2) is 40.9 Å². The minimum Gasteiger partial charge on any atom is -0.452 e. The monoisotopic (exact) mass is 399 g/mol. The van der Waals surface area contributed by atoms with Crippen molar-refractivity contribution in [2.45, 2.75) is 6.92 Å². The first-order valence-electron chi connectivity index (χ1n) is 6.55. The van der Waals surface area contributed by atoms with Crippen LogP contribution < -0.4 is 5.32 Å². The summed E-state index contributed by atoms with van der Waals surface area (Å²) in [4.78, 5) is 23.6. The second kappa shape index (κ2) is 7.57. The number of amides is 1. The summed E-state index contributed by atoms with van der Waals surface area (Å²) in [6.45, 7) is 1.46. The average Bonchev–Trinajstić information content (AvgIpc) is 2.50. The molecular weight excluding hydrogens is 389 g/mol. The molecule has 0 aromatic heterocycles. The van der Waals surface area contributed by atoms with E-state index in [1.165, 1.54) is 6.07 Å². The number of nitrogens with one attached hydrogen (secondary N) is 1. The van der Waals surface area contributed by atoms with E-state index in [1.54, 1.807) is 6.07 Å². The summed E-state index contributed by atoms with van der Waals surface area (Å²) in [7, 11) is 0. The first-order valence-corrected chi connectivity index (χ1v) is 7.72. The van der Waals surface area contributed by atoms with Gasteiger partial charge in [0.15, 0.2) is 6.61 Å². The highest BCUT2D eigenvalue weighted by Gasteiger charge is 2.13. The molecule has 0 aliphatic heterocycles. The first-order chi connectivity index (χ1) is 10.9. The van der Waals surface area contributed by atoms with E-state index in [1.807, 2.05) is 19.1 Å². The molecule has 7 heteroatoms. The molecule has 0 spiro atoms. The molecule has 2 rings (SSSR count). The minimum absolute atomic E-state index is 0.0701. The SMILES string of the molecule is Cc1ccc(NC(=O)COC(=O)c2ccc(F)c(Cl)c2)c(Br)c1. The summed E-state index contributed by atoms with van der Waals surface area (Å²) in [5, 5.41) is 2.43. The fourth-order valence-electron chi connectivity index (χ4n) is 1.75. The van der Waals surface area contributed by atoms with E-state index in [9.17, 15) is 14.0 Å². The minimum atomic E-state index is -0.759. The largest absolute Gasteiger partial charge is 0.452 e. The van der Waals surface area contributed by atoms with E-state index >= 15 is 0 Å². The zero-order valence-corrected chi connectivity index (χ0v) is 14.4. The molecule has 0 aliphatic carbocycles. The second-order valence-electron chi connectivity index (χ2n) is 4.74. The molecule has 0 fully saturated rings. The standard InChI is InChI=1S/C16H12BrClFNO3/c1-9-2-5-14(11(17)6-9)20-15(21)8-23-16(22)10-3-4-13(19)12(18)7-10/h2-7H,8H2,1H3,(H,20,21). The van der Waals surface area contributed by atoms with Gasteiger partial charge in [-0.05, 0) is 58.7 Å². The third-order valence-corrected chi connectivity index (χ3v) is 3.83. The summed E-state index contributed by atoms with van der Waals surface area (Å²) in [6.07, 6.45) is 0. The fourth-order valence-corrected chi connectivity index (χ4v) is 2.52. The quantitative estimate of drug-likeness (QED) is 0.777. The summed E-state index contributed by atoms with van der Waals surface area (Å²) in [6, 6.07) is 8.86. The highest BCUT2D eigenvalue weighted by molar-refractivity contribution is 9.10. The predicted molar refractivity (Wildman–Crippen MR) is 89.2 cm³/mol. The van der Waals surface area contributed by atoms with E-state index in [-0.39, 0.29) is 10.6 Å². The number of aryl methyl sites for hydroxylation is 1. The molecule has 0 saturated carbocycles. The molecular formula is C16H12BrClFNO3. The summed E-state index contributed by atoms with van der Waals surface area (Å²) < 4.78 is 18.6. The molecule has 2 aromatic rings. The Hall–Kier alpha value is -1.92. The lowest BCUT2D eigenvalue weighted by Crippen LogP contribution is -2.21. The van der Waals surface area contributed by atoms with Crippen molar-refractivity contribution >= 4 is 45.1 Å². The van der Waals surface area contributed by atoms with E-state index in [2.05, 4.69) is 21.2 Å². The van der Waals surface area contributed by atoms with Crippen molar-refractivity contribution < 1.29 is 18.7 Å². The topological polar surface area (TPSA) is 55.4 Å². The van der Waals surface area contributed by atoms with Gasteiger partial charge in [0.1, 0.15) is 5.82 Å². The zero-order valence-electron chi connectivity index (χ0n) is 12.0. The number of hydrogen-bond donors (Lipinski definition) is 1. The van der Waals surface area contributed by atoms with Gasteiger partial charge in [-0.1, -0.05) is 17.7 Å². The molecule has 0 heterocycles. The number of carbonyl (C=O) groups excluding carboxylic acids is 2. The summed E-state index contributed by atoms with van der Waals surface area (Å²) in [5.41, 5.74) is 1.68. The maximum Gasteiger partial charge on any atom is 0.338 e. The number of rotatable bonds is 4. The maximum atomic E-state index is 13.0. The Kier molecular flexibility index (Phi) is 5.74. The molecule has 0 saturated heterocycles. The van der Waals surface area contributed by atoms with Gasteiger partial charge >= 0.3 is 5.97 Å². The fraction of sp³-hybridized carbons (Fsp3) is 0.125. The first kappa shape index (κ1) is 17.4. The Morgan fingerprint density at radius 2 is 2.00 bits per heavy atom. The van der Waals surface area contributed by atoms with Crippen molar-refractivity contribution in [2.75, 3.05) is 11.9 Å². The Morgan fingerprint density at radius 3 is 2.65 bits per heavy atom. The lowest BCUT2D eigenvalue weighted by atomic mass is 10.2. The van der Waals surface area contributed by atoms with Gasteiger partial charge in [0.05, 0.1) is 16.3 Å². The Balaban J connectivity index is 1.93. The third kappa shape index (κ3) is 4.77. The van der Waals surface area contributed by atoms with E-state index in [4.69, 9.17) is 16.3 Å². The Morgan fingerprint density at radius 1 is 1.26 bits per heavy atom. The van der Waals surface area contributed by atoms with Crippen LogP contribution in [0.5, 0.6) is 0 Å². The van der Waals surface area contributed by atoms with Crippen LogP contribution in [0.1, 0.15) is 15.9 Å². The number of hydrogen-bond acceptors (Lipinski definition) is 3. The lowest BCUT2D eigenvalue weighted by Gasteiger charge is -2.09. The summed E-state index contributed by atoms with van der Waals surface area (Å²) >= 11 is 8.93. The second-order valence-corrected chi connectivity index (χ2v) is 6.00. The zero-order chi connectivity index (χ0) is 17.0. The molecule has 120 valence electrons. The molecule has 0 atom stereocenters. The summed E-state index contributed by atoms with van der Waals surface area (Å²) in [5.74, 6) is -1.88. The van der Waals surface area contributed by atoms with Crippen LogP contribution >= 0.6 is 27.5 Å². The molecule has 0 unspecified atom stereocenters. The van der Waals surface area contributed by atoms with E-state index in [0.29, 0.717) is 5.69 Å². The van der Waals surface area contributed by atoms with Crippen molar-refractivity contribution in [1.29, 1.82) is 0 Å². The number of anilines is 1. The van der Waals surface area contributed by atoms with Crippen molar-refractivity contribution in [3.05, 3.63) is 62.8 Å². The van der Waals surface area contributed by atoms with Gasteiger partial charge in [0.2, 0.25) is 0 Å². The molecule has 0 aliphatic rings. The number of ether oxygens (including phenoxy) is 1. The van der Waals surface area contributed by atoms with Gasteiger partial charge in [0, 0.05) is 4.47 Å². The lowest BCUT2D eigenvalue weighted by molar-refractivity contribution is -0.119. The number of carbonyl (C=O) groups is 2. The predicted octanol–water partition coefficient (Wildman–Crippen LogP) is 4.35. The average molecular weight is 401 g/mol. The third-order valence-electron chi connectivity index (χ3n) is 2.89. The van der Waals surface area contributed by atoms with E-state index in [0.717, 1.165) is 22.2 Å². The van der Waals surface area contributed by atoms with Crippen LogP contribution in [0.2, 0.25) is 5.02 Å². The van der Waals surface area contributed by atoms with Gasteiger partial charge in [-0.25, -0.2) is 9.18 Å². The molecule has 1 N–H and O–H groups in total. The molecule has 1 amide bonds. The highest BCUT2D eigenvalue weighted by Crippen LogP contribution is 2.23. The van der Waals surface area contributed by atoms with Gasteiger partial charge in [-0.2, -0.15) is 0 Å². The van der Waals surface area contributed by atoms with Crippen LogP contribution in [0.4, 0.5) is 10.1 Å². The van der Waals surface area contributed by atoms with Gasteiger partial charge < -0.3 is 10.1 Å². The Bertz CT molecular complexity index is 767. The van der Waals surface area contributed by atoms with Gasteiger partial charge in [0.25, 0.3) is 5.91 Å². The Labute approximate surface area is 145 Å². The highest BCUT2D eigenvalue weighted by atomic mass is 79.9. The van der Waals surface area contributed by atoms with Crippen LogP contribution in [0, 0.1) is 12.7 Å². The molecule has 0 bridgehead atoms. The number of benzene rings is 2. The van der Waals surface area contributed by atoms with Crippen molar-refractivity contribution in [3.63, 3.8) is 0 Å². The number of esters is 1. The van der Waals surface area contributed by atoms with Gasteiger partial charge in [-0.15, -0.1) is 0 Å². The smallest absolute Gasteiger partial charge is 0.338 e. The van der Waals surface area contributed by atoms with Crippen molar-refractivity contribution in [2.24, 2.45) is 0 Å². The van der Waals surface area contributed by atoms with Crippen molar-refractivity contribution in [1.82, 2.24) is 0 Å². The molecule has 4 nitrogen and oxygen atoms in total. The normalized spacial score (nSPS) is 10.3.